The molecule has 4 heteroatoms. The van der Waals surface area contributed by atoms with Crippen molar-refractivity contribution < 1.29 is 9.53 Å². The van der Waals surface area contributed by atoms with Crippen molar-refractivity contribution in [3.05, 3.63) is 60.2 Å². The summed E-state index contributed by atoms with van der Waals surface area (Å²) in [6, 6.07) is 10.6. The number of rotatable bonds is 7. The number of nitrogens with one attached hydrogen (secondary N) is 1. The van der Waals surface area contributed by atoms with E-state index in [1.807, 2.05) is 6.07 Å². The van der Waals surface area contributed by atoms with Gasteiger partial charge in [-0.15, -0.1) is 0 Å². The third-order valence-corrected chi connectivity index (χ3v) is 8.53. The highest BCUT2D eigenvalue weighted by atomic mass is 16.5. The SMILES string of the molecule is CC(=O)N[C@@H]1[C@@H](C)[C@H](OCc2ccccc2)[C@]23C=CC=C[C@H]2[C@]13CCN1CCCCC1. The van der Waals surface area contributed by atoms with Gasteiger partial charge < -0.3 is 15.0 Å². The fourth-order valence-electron chi connectivity index (χ4n) is 7.28. The van der Waals surface area contributed by atoms with Gasteiger partial charge in [0.25, 0.3) is 0 Å². The van der Waals surface area contributed by atoms with Crippen molar-refractivity contribution in [2.75, 3.05) is 19.6 Å². The van der Waals surface area contributed by atoms with Gasteiger partial charge in [-0.05, 0) is 50.4 Å². The number of benzene rings is 1. The summed E-state index contributed by atoms with van der Waals surface area (Å²) < 4.78 is 6.69. The lowest BCUT2D eigenvalue weighted by Gasteiger charge is -2.34. The summed E-state index contributed by atoms with van der Waals surface area (Å²) in [6.07, 6.45) is 14.4. The zero-order chi connectivity index (χ0) is 21.5. The zero-order valence-electron chi connectivity index (χ0n) is 18.9. The molecule has 166 valence electrons. The highest BCUT2D eigenvalue weighted by molar-refractivity contribution is 5.74. The molecule has 3 aliphatic carbocycles. The van der Waals surface area contributed by atoms with E-state index in [0.717, 1.165) is 13.0 Å². The maximum atomic E-state index is 12.2. The first-order chi connectivity index (χ1) is 15.1. The molecule has 1 spiro atoms. The highest BCUT2D eigenvalue weighted by Gasteiger charge is 2.85. The molecule has 1 aromatic carbocycles. The van der Waals surface area contributed by atoms with E-state index in [4.69, 9.17) is 4.74 Å². The average Bonchev–Trinajstić information content (AvgIpc) is 3.34. The minimum Gasteiger partial charge on any atom is -0.372 e. The van der Waals surface area contributed by atoms with Gasteiger partial charge in [0, 0.05) is 29.7 Å². The third kappa shape index (κ3) is 3.30. The molecule has 0 aromatic heterocycles. The molecule has 1 aliphatic heterocycles. The van der Waals surface area contributed by atoms with Crippen LogP contribution in [0.25, 0.3) is 0 Å². The number of carbonyl (C=O) groups is 1. The predicted molar refractivity (Wildman–Crippen MR) is 123 cm³/mol. The predicted octanol–water partition coefficient (Wildman–Crippen LogP) is 4.33. The molecule has 5 rings (SSSR count). The Labute approximate surface area is 186 Å². The molecule has 0 bridgehead atoms. The van der Waals surface area contributed by atoms with Crippen LogP contribution < -0.4 is 5.32 Å². The molecule has 1 heterocycles. The first kappa shape index (κ1) is 21.0. The summed E-state index contributed by atoms with van der Waals surface area (Å²) >= 11 is 0. The number of fused-ring (bicyclic) bond motifs is 1. The van der Waals surface area contributed by atoms with Crippen LogP contribution in [0.15, 0.2) is 54.6 Å². The molecule has 1 N–H and O–H groups in total. The van der Waals surface area contributed by atoms with E-state index in [9.17, 15) is 4.79 Å². The van der Waals surface area contributed by atoms with Crippen molar-refractivity contribution in [2.45, 2.75) is 58.3 Å². The van der Waals surface area contributed by atoms with Crippen LogP contribution in [0.2, 0.25) is 0 Å². The molecule has 4 nitrogen and oxygen atoms in total. The van der Waals surface area contributed by atoms with Crippen LogP contribution in [0.5, 0.6) is 0 Å². The van der Waals surface area contributed by atoms with Gasteiger partial charge in [-0.1, -0.05) is 68.0 Å². The molecule has 1 saturated heterocycles. The van der Waals surface area contributed by atoms with Crippen molar-refractivity contribution in [2.24, 2.45) is 22.7 Å². The van der Waals surface area contributed by atoms with Gasteiger partial charge in [0.2, 0.25) is 5.91 Å². The van der Waals surface area contributed by atoms with E-state index < -0.39 is 0 Å². The number of amides is 1. The van der Waals surface area contributed by atoms with Gasteiger partial charge in [-0.3, -0.25) is 4.79 Å². The largest absolute Gasteiger partial charge is 0.372 e. The van der Waals surface area contributed by atoms with Crippen molar-refractivity contribution in [1.29, 1.82) is 0 Å². The number of hydrogen-bond donors (Lipinski definition) is 1. The molecule has 1 aromatic rings. The van der Waals surface area contributed by atoms with Crippen LogP contribution in [-0.2, 0) is 16.1 Å². The van der Waals surface area contributed by atoms with Gasteiger partial charge in [0.15, 0.2) is 0 Å². The maximum Gasteiger partial charge on any atom is 0.217 e. The molecule has 6 atom stereocenters. The molecule has 0 unspecified atom stereocenters. The number of piperidine rings is 1. The lowest BCUT2D eigenvalue weighted by atomic mass is 9.84. The number of nitrogens with zero attached hydrogens (tertiary/aromatic N) is 1. The molecule has 0 radical (unpaired) electrons. The Morgan fingerprint density at radius 1 is 1.16 bits per heavy atom. The second kappa shape index (κ2) is 8.22. The van der Waals surface area contributed by atoms with Gasteiger partial charge in [0.05, 0.1) is 12.7 Å². The van der Waals surface area contributed by atoms with Gasteiger partial charge in [0.1, 0.15) is 0 Å². The van der Waals surface area contributed by atoms with E-state index in [1.54, 1.807) is 6.92 Å². The topological polar surface area (TPSA) is 41.6 Å². The third-order valence-electron chi connectivity index (χ3n) is 8.53. The highest BCUT2D eigenvalue weighted by Crippen LogP contribution is 2.82. The van der Waals surface area contributed by atoms with Crippen LogP contribution in [-0.4, -0.2) is 42.6 Å². The van der Waals surface area contributed by atoms with E-state index in [-0.39, 0.29) is 34.8 Å². The van der Waals surface area contributed by atoms with Gasteiger partial charge in [-0.25, -0.2) is 0 Å². The second-order valence-corrected chi connectivity index (χ2v) is 10.1. The smallest absolute Gasteiger partial charge is 0.217 e. The Hall–Kier alpha value is -1.91. The molecule has 2 saturated carbocycles. The summed E-state index contributed by atoms with van der Waals surface area (Å²) in [6.45, 7) is 8.11. The van der Waals surface area contributed by atoms with E-state index in [1.165, 1.54) is 37.9 Å². The summed E-state index contributed by atoms with van der Waals surface area (Å²) in [5.74, 6) is 0.801. The minimum absolute atomic E-state index is 0.00114. The standard InChI is InChI=1S/C27H36N2O2/c1-20-24(28-21(2)30)26(15-18-29-16-9-4-10-17-29)23-13-7-8-14-27(23,26)25(20)31-19-22-11-5-3-6-12-22/h3,5-8,11-14,20,23-25H,4,9-10,15-19H2,1-2H3,(H,28,30)/t20-,23+,24-,25+,26-,27+/m1/s1. The molecule has 1 amide bonds. The first-order valence-electron chi connectivity index (χ1n) is 12.1. The van der Waals surface area contributed by atoms with E-state index in [0.29, 0.717) is 12.5 Å². The van der Waals surface area contributed by atoms with Gasteiger partial charge >= 0.3 is 0 Å². The minimum atomic E-state index is -0.00114. The molecule has 4 aliphatic rings. The molecule has 31 heavy (non-hydrogen) atoms. The average molecular weight is 421 g/mol. The summed E-state index contributed by atoms with van der Waals surface area (Å²) in [5.41, 5.74) is 1.26. The summed E-state index contributed by atoms with van der Waals surface area (Å²) in [5, 5.41) is 3.39. The summed E-state index contributed by atoms with van der Waals surface area (Å²) in [4.78, 5) is 14.9. The Bertz CT molecular complexity index is 859. The normalized spacial score (nSPS) is 38.5. The first-order valence-corrected chi connectivity index (χ1v) is 12.1. The Balaban J connectivity index is 1.43. The number of ether oxygens (including phenoxy) is 1. The quantitative estimate of drug-likeness (QED) is 0.714. The molecular weight excluding hydrogens is 384 g/mol. The number of allylic oxidation sites excluding steroid dienone is 3. The fourth-order valence-corrected chi connectivity index (χ4v) is 7.28. The Morgan fingerprint density at radius 2 is 1.94 bits per heavy atom. The van der Waals surface area contributed by atoms with Crippen LogP contribution in [0.1, 0.15) is 45.1 Å². The lowest BCUT2D eigenvalue weighted by Crippen LogP contribution is -2.46. The number of hydrogen-bond acceptors (Lipinski definition) is 3. The zero-order valence-corrected chi connectivity index (χ0v) is 18.9. The lowest BCUT2D eigenvalue weighted by molar-refractivity contribution is -0.120. The molecular formula is C27H36N2O2. The number of carbonyl (C=O) groups excluding carboxylic acids is 1. The Morgan fingerprint density at radius 3 is 2.68 bits per heavy atom. The van der Waals surface area contributed by atoms with Crippen molar-refractivity contribution in [3.8, 4) is 0 Å². The number of likely N-dealkylation sites (tertiary alicyclic amines) is 1. The second-order valence-electron chi connectivity index (χ2n) is 10.1. The van der Waals surface area contributed by atoms with E-state index >= 15 is 0 Å². The fraction of sp³-hybridized carbons (Fsp3) is 0.593. The van der Waals surface area contributed by atoms with Crippen LogP contribution >= 0.6 is 0 Å². The van der Waals surface area contributed by atoms with Crippen molar-refractivity contribution in [3.63, 3.8) is 0 Å². The maximum absolute atomic E-state index is 12.2. The van der Waals surface area contributed by atoms with Crippen LogP contribution in [0.4, 0.5) is 0 Å². The molecule has 3 fully saturated rings. The Kier molecular flexibility index (Phi) is 5.56. The van der Waals surface area contributed by atoms with Gasteiger partial charge in [-0.2, -0.15) is 0 Å². The summed E-state index contributed by atoms with van der Waals surface area (Å²) in [7, 11) is 0. The van der Waals surface area contributed by atoms with Crippen LogP contribution in [0, 0.1) is 22.7 Å². The van der Waals surface area contributed by atoms with E-state index in [2.05, 4.69) is 65.7 Å². The van der Waals surface area contributed by atoms with Crippen molar-refractivity contribution in [1.82, 2.24) is 10.2 Å². The van der Waals surface area contributed by atoms with Crippen molar-refractivity contribution >= 4 is 5.91 Å². The monoisotopic (exact) mass is 420 g/mol. The van der Waals surface area contributed by atoms with Crippen LogP contribution in [0.3, 0.4) is 0 Å².